The van der Waals surface area contributed by atoms with Crippen LogP contribution in [0.5, 0.6) is 5.75 Å². The molecule has 0 spiro atoms. The molecule has 38 heavy (non-hydrogen) atoms. The number of likely N-dealkylation sites (N-methyl/N-ethyl adjacent to an activating group) is 1. The van der Waals surface area contributed by atoms with E-state index < -0.39 is 17.0 Å². The molecular formula is C31H34N2O5. The summed E-state index contributed by atoms with van der Waals surface area (Å²) in [6.45, 7) is 4.24. The molecule has 2 aliphatic rings. The molecule has 1 heterocycles. The predicted octanol–water partition coefficient (Wildman–Crippen LogP) is 4.62. The second-order valence-electron chi connectivity index (χ2n) is 10.8. The molecule has 1 N–H and O–H groups in total. The van der Waals surface area contributed by atoms with Gasteiger partial charge in [0.25, 0.3) is 5.91 Å². The number of rotatable bonds is 5. The lowest BCUT2D eigenvalue weighted by Crippen LogP contribution is -2.68. The summed E-state index contributed by atoms with van der Waals surface area (Å²) >= 11 is 0. The van der Waals surface area contributed by atoms with Crippen LogP contribution in [0, 0.1) is 0 Å². The van der Waals surface area contributed by atoms with Gasteiger partial charge in [0.15, 0.2) is 0 Å². The molecule has 1 saturated heterocycles. The van der Waals surface area contributed by atoms with Crippen LogP contribution in [0.2, 0.25) is 0 Å². The highest BCUT2D eigenvalue weighted by molar-refractivity contribution is 5.98. The van der Waals surface area contributed by atoms with Crippen molar-refractivity contribution in [3.63, 3.8) is 0 Å². The lowest BCUT2D eigenvalue weighted by molar-refractivity contribution is -0.185. The minimum atomic E-state index is -0.759. The van der Waals surface area contributed by atoms with Gasteiger partial charge in [-0.1, -0.05) is 42.5 Å². The third-order valence-electron chi connectivity index (χ3n) is 8.14. The zero-order valence-electron chi connectivity index (χ0n) is 22.2. The molecule has 3 aromatic carbocycles. The third-order valence-corrected chi connectivity index (χ3v) is 8.14. The Bertz CT molecular complexity index is 1390. The van der Waals surface area contributed by atoms with Crippen molar-refractivity contribution in [2.75, 3.05) is 20.1 Å². The number of carbonyl (C=O) groups excluding carboxylic acids is 3. The molecule has 7 heteroatoms. The van der Waals surface area contributed by atoms with Gasteiger partial charge in [-0.25, -0.2) is 0 Å². The minimum absolute atomic E-state index is 0.113. The molecule has 1 amide bonds. The second-order valence-corrected chi connectivity index (χ2v) is 10.8. The maximum Gasteiger partial charge on any atom is 0.308 e. The largest absolute Gasteiger partial charge is 0.457 e. The number of piperidine rings is 1. The van der Waals surface area contributed by atoms with Crippen LogP contribution in [0.4, 0.5) is 0 Å². The van der Waals surface area contributed by atoms with Gasteiger partial charge in [0.2, 0.25) is 0 Å². The Labute approximate surface area is 223 Å². The number of hydrogen-bond donors (Lipinski definition) is 1. The fourth-order valence-corrected chi connectivity index (χ4v) is 6.54. The van der Waals surface area contributed by atoms with E-state index >= 15 is 0 Å². The van der Waals surface area contributed by atoms with Crippen LogP contribution in [0.15, 0.2) is 66.7 Å². The van der Waals surface area contributed by atoms with Crippen molar-refractivity contribution in [1.82, 2.24) is 10.2 Å². The van der Waals surface area contributed by atoms with Crippen LogP contribution >= 0.6 is 0 Å². The summed E-state index contributed by atoms with van der Waals surface area (Å²) in [5.41, 5.74) is 0.260. The average molecular weight is 515 g/mol. The Morgan fingerprint density at radius 3 is 2.47 bits per heavy atom. The molecule has 3 unspecified atom stereocenters. The molecule has 198 valence electrons. The van der Waals surface area contributed by atoms with E-state index in [0.717, 1.165) is 29.3 Å². The summed E-state index contributed by atoms with van der Waals surface area (Å²) in [4.78, 5) is 39.7. The van der Waals surface area contributed by atoms with Gasteiger partial charge in [-0.3, -0.25) is 14.4 Å². The number of amides is 1. The number of likely N-dealkylation sites (tertiary alicyclic amines) is 1. The van der Waals surface area contributed by atoms with E-state index in [9.17, 15) is 14.4 Å². The van der Waals surface area contributed by atoms with Crippen LogP contribution in [0.1, 0.15) is 55.5 Å². The normalized spacial score (nSPS) is 25.3. The monoisotopic (exact) mass is 514 g/mol. The van der Waals surface area contributed by atoms with Crippen LogP contribution in [-0.2, 0) is 19.7 Å². The predicted molar refractivity (Wildman–Crippen MR) is 145 cm³/mol. The van der Waals surface area contributed by atoms with Crippen LogP contribution < -0.4 is 10.1 Å². The van der Waals surface area contributed by atoms with Crippen molar-refractivity contribution in [2.45, 2.75) is 56.6 Å². The van der Waals surface area contributed by atoms with Gasteiger partial charge < -0.3 is 19.7 Å². The first-order chi connectivity index (χ1) is 18.2. The maximum absolute atomic E-state index is 13.4. The molecule has 1 aliphatic heterocycles. The number of benzene rings is 3. The first-order valence-electron chi connectivity index (χ1n) is 13.2. The van der Waals surface area contributed by atoms with E-state index in [-0.39, 0.29) is 17.9 Å². The molecule has 2 fully saturated rings. The van der Waals surface area contributed by atoms with E-state index in [0.29, 0.717) is 37.1 Å². The topological polar surface area (TPSA) is 84.9 Å². The van der Waals surface area contributed by atoms with Crippen LogP contribution in [-0.4, -0.2) is 54.5 Å². The van der Waals surface area contributed by atoms with Crippen LogP contribution in [0.25, 0.3) is 10.8 Å². The van der Waals surface area contributed by atoms with Gasteiger partial charge in [0, 0.05) is 37.4 Å². The highest BCUT2D eigenvalue weighted by atomic mass is 16.6. The third kappa shape index (κ3) is 4.90. The number of nitrogens with zero attached hydrogens (tertiary/aromatic N) is 1. The Balaban J connectivity index is 1.49. The summed E-state index contributed by atoms with van der Waals surface area (Å²) in [5.74, 6) is -0.363. The van der Waals surface area contributed by atoms with Gasteiger partial charge in [0.1, 0.15) is 11.4 Å². The number of hydrogen-bond acceptors (Lipinski definition) is 6. The quantitative estimate of drug-likeness (QED) is 0.395. The van der Waals surface area contributed by atoms with E-state index in [2.05, 4.69) is 10.2 Å². The summed E-state index contributed by atoms with van der Waals surface area (Å²) < 4.78 is 11.6. The SMILES string of the molecule is CC(=O)Oc1cccc(C23CCN(C)CC2(OC(C)=O)CCC(NC(=O)c2ccc4ccccc4c2)C3)c1. The first-order valence-corrected chi connectivity index (χ1v) is 13.2. The van der Waals surface area contributed by atoms with E-state index in [1.165, 1.54) is 13.8 Å². The second kappa shape index (κ2) is 10.2. The molecule has 0 aromatic heterocycles. The molecule has 3 atom stereocenters. The lowest BCUT2D eigenvalue weighted by atomic mass is 9.55. The first kappa shape index (κ1) is 25.9. The zero-order valence-corrected chi connectivity index (χ0v) is 22.2. The Morgan fingerprint density at radius 2 is 1.71 bits per heavy atom. The van der Waals surface area contributed by atoms with Gasteiger partial charge in [-0.15, -0.1) is 0 Å². The van der Waals surface area contributed by atoms with E-state index in [1.54, 1.807) is 6.07 Å². The number of esters is 2. The Morgan fingerprint density at radius 1 is 0.921 bits per heavy atom. The number of fused-ring (bicyclic) bond motifs is 2. The Hall–Kier alpha value is -3.71. The highest BCUT2D eigenvalue weighted by Crippen LogP contribution is 2.54. The molecule has 1 aliphatic carbocycles. The van der Waals surface area contributed by atoms with Gasteiger partial charge in [-0.05, 0) is 79.9 Å². The van der Waals surface area contributed by atoms with Crippen molar-refractivity contribution in [3.8, 4) is 5.75 Å². The van der Waals surface area contributed by atoms with Crippen molar-refractivity contribution in [2.24, 2.45) is 0 Å². The van der Waals surface area contributed by atoms with Crippen molar-refractivity contribution in [1.29, 1.82) is 0 Å². The van der Waals surface area contributed by atoms with Crippen LogP contribution in [0.3, 0.4) is 0 Å². The lowest BCUT2D eigenvalue weighted by Gasteiger charge is -2.59. The maximum atomic E-state index is 13.4. The van der Waals surface area contributed by atoms with Crippen molar-refractivity contribution in [3.05, 3.63) is 77.9 Å². The van der Waals surface area contributed by atoms with E-state index in [4.69, 9.17) is 9.47 Å². The molecular weight excluding hydrogens is 480 g/mol. The van der Waals surface area contributed by atoms with Gasteiger partial charge in [0.05, 0.1) is 0 Å². The average Bonchev–Trinajstić information content (AvgIpc) is 2.88. The molecule has 0 radical (unpaired) electrons. The summed E-state index contributed by atoms with van der Waals surface area (Å²) in [6, 6.07) is 21.1. The van der Waals surface area contributed by atoms with Gasteiger partial charge in [-0.2, -0.15) is 0 Å². The fourth-order valence-electron chi connectivity index (χ4n) is 6.54. The summed E-state index contributed by atoms with van der Waals surface area (Å²) in [7, 11) is 2.04. The van der Waals surface area contributed by atoms with Gasteiger partial charge >= 0.3 is 11.9 Å². The minimum Gasteiger partial charge on any atom is -0.457 e. The van der Waals surface area contributed by atoms with Crippen molar-refractivity contribution < 1.29 is 23.9 Å². The van der Waals surface area contributed by atoms with E-state index in [1.807, 2.05) is 67.7 Å². The number of carbonyl (C=O) groups is 3. The molecule has 5 rings (SSSR count). The zero-order chi connectivity index (χ0) is 26.9. The molecule has 0 bridgehead atoms. The highest BCUT2D eigenvalue weighted by Gasteiger charge is 2.60. The standard InChI is InChI=1S/C31H34N2O5/c1-21(34)37-28-10-6-9-26(18-28)30-15-16-33(3)20-31(30,38-22(2)35)14-13-27(19-30)32-29(36)25-12-11-23-7-4-5-8-24(23)17-25/h4-12,17-18,27H,13-16,19-20H2,1-3H3,(H,32,36). The van der Waals surface area contributed by atoms with Crippen molar-refractivity contribution >= 4 is 28.6 Å². The summed E-state index contributed by atoms with van der Waals surface area (Å²) in [6.07, 6.45) is 2.64. The smallest absolute Gasteiger partial charge is 0.308 e. The number of ether oxygens (including phenoxy) is 2. The Kier molecular flexibility index (Phi) is 6.97. The molecule has 3 aromatic rings. The summed E-state index contributed by atoms with van der Waals surface area (Å²) in [5, 5.41) is 5.39. The number of nitrogens with one attached hydrogen (secondary N) is 1. The molecule has 7 nitrogen and oxygen atoms in total. The molecule has 1 saturated carbocycles. The fraction of sp³-hybridized carbons (Fsp3) is 0.387.